The Morgan fingerprint density at radius 2 is 2.00 bits per heavy atom. The van der Waals surface area contributed by atoms with Gasteiger partial charge in [-0.25, -0.2) is 0 Å². The van der Waals surface area contributed by atoms with E-state index in [2.05, 4.69) is 4.90 Å². The third-order valence-corrected chi connectivity index (χ3v) is 4.37. The molecule has 1 aromatic rings. The zero-order valence-electron chi connectivity index (χ0n) is 11.7. The maximum atomic E-state index is 10.2. The molecule has 1 atom stereocenters. The van der Waals surface area contributed by atoms with Gasteiger partial charge in [-0.05, 0) is 31.0 Å². The molecule has 1 aliphatic carbocycles. The molecule has 1 N–H and O–H groups in total. The number of aliphatic hydroxyl groups excluding tert-OH is 1. The summed E-state index contributed by atoms with van der Waals surface area (Å²) >= 11 is 6.15. The minimum Gasteiger partial charge on any atom is -0.392 e. The van der Waals surface area contributed by atoms with E-state index < -0.39 is 0 Å². The van der Waals surface area contributed by atoms with Crippen LogP contribution in [0.4, 0.5) is 0 Å². The molecule has 0 bridgehead atoms. The van der Waals surface area contributed by atoms with Crippen LogP contribution in [0.5, 0.6) is 0 Å². The first-order chi connectivity index (χ1) is 9.15. The molecule has 0 spiro atoms. The number of hydrogen-bond donors (Lipinski definition) is 1. The molecule has 0 saturated heterocycles. The van der Waals surface area contributed by atoms with Crippen molar-refractivity contribution in [2.24, 2.45) is 5.92 Å². The molecule has 2 rings (SSSR count). The number of rotatable bonds is 6. The average Bonchev–Trinajstić information content (AvgIpc) is 2.84. The van der Waals surface area contributed by atoms with Crippen LogP contribution in [-0.4, -0.2) is 29.7 Å². The van der Waals surface area contributed by atoms with E-state index in [1.165, 1.54) is 25.7 Å². The fourth-order valence-electron chi connectivity index (χ4n) is 3.05. The first kappa shape index (κ1) is 14.8. The Labute approximate surface area is 121 Å². The van der Waals surface area contributed by atoms with Crippen molar-refractivity contribution in [3.8, 4) is 0 Å². The number of likely N-dealkylation sites (N-methyl/N-ethyl adjacent to an activating group) is 1. The third-order valence-electron chi connectivity index (χ3n) is 4.00. The van der Waals surface area contributed by atoms with Crippen LogP contribution in [0.3, 0.4) is 0 Å². The molecule has 0 aliphatic heterocycles. The maximum absolute atomic E-state index is 10.2. The van der Waals surface area contributed by atoms with Crippen LogP contribution in [-0.2, 0) is 6.54 Å². The summed E-state index contributed by atoms with van der Waals surface area (Å²) in [6.45, 7) is 1.52. The monoisotopic (exact) mass is 281 g/mol. The summed E-state index contributed by atoms with van der Waals surface area (Å²) in [4.78, 5) is 2.15. The summed E-state index contributed by atoms with van der Waals surface area (Å²) in [6.07, 6.45) is 6.01. The highest BCUT2D eigenvalue weighted by molar-refractivity contribution is 6.31. The lowest BCUT2D eigenvalue weighted by Crippen LogP contribution is -2.30. The lowest BCUT2D eigenvalue weighted by Gasteiger charge is -2.23. The zero-order chi connectivity index (χ0) is 13.7. The number of hydrogen-bond acceptors (Lipinski definition) is 2. The molecule has 3 heteroatoms. The Balaban J connectivity index is 1.77. The van der Waals surface area contributed by atoms with Crippen molar-refractivity contribution in [3.05, 3.63) is 34.9 Å². The standard InChI is InChI=1S/C16H24ClNO/c1-18(11-14-8-4-5-9-16(14)17)12-15(19)10-13-6-2-3-7-13/h4-5,8-9,13,15,19H,2-3,6-7,10-12H2,1H3. The second-order valence-corrected chi connectivity index (χ2v) is 6.24. The molecule has 0 amide bonds. The normalized spacial score (nSPS) is 18.1. The third kappa shape index (κ3) is 4.79. The molecule has 1 aromatic carbocycles. The molecule has 1 fully saturated rings. The van der Waals surface area contributed by atoms with Crippen molar-refractivity contribution < 1.29 is 5.11 Å². The van der Waals surface area contributed by atoms with Crippen molar-refractivity contribution in [2.75, 3.05) is 13.6 Å². The van der Waals surface area contributed by atoms with E-state index in [4.69, 9.17) is 11.6 Å². The zero-order valence-corrected chi connectivity index (χ0v) is 12.4. The van der Waals surface area contributed by atoms with Crippen LogP contribution in [0.25, 0.3) is 0 Å². The van der Waals surface area contributed by atoms with Gasteiger partial charge in [-0.1, -0.05) is 55.5 Å². The Morgan fingerprint density at radius 1 is 1.32 bits per heavy atom. The predicted molar refractivity (Wildman–Crippen MR) is 80.4 cm³/mol. The molecule has 0 heterocycles. The van der Waals surface area contributed by atoms with Crippen molar-refractivity contribution in [1.29, 1.82) is 0 Å². The summed E-state index contributed by atoms with van der Waals surface area (Å²) < 4.78 is 0. The van der Waals surface area contributed by atoms with Gasteiger partial charge in [-0.15, -0.1) is 0 Å². The van der Waals surface area contributed by atoms with Crippen LogP contribution in [0.15, 0.2) is 24.3 Å². The molecule has 19 heavy (non-hydrogen) atoms. The molecule has 1 saturated carbocycles. The minimum absolute atomic E-state index is 0.212. The summed E-state index contributed by atoms with van der Waals surface area (Å²) in [7, 11) is 2.04. The maximum Gasteiger partial charge on any atom is 0.0669 e. The number of benzene rings is 1. The smallest absolute Gasteiger partial charge is 0.0669 e. The Morgan fingerprint density at radius 3 is 2.68 bits per heavy atom. The van der Waals surface area contributed by atoms with E-state index in [1.807, 2.05) is 31.3 Å². The van der Waals surface area contributed by atoms with Gasteiger partial charge in [0.25, 0.3) is 0 Å². The van der Waals surface area contributed by atoms with Gasteiger partial charge in [0.1, 0.15) is 0 Å². The number of halogens is 1. The molecule has 2 nitrogen and oxygen atoms in total. The van der Waals surface area contributed by atoms with E-state index in [0.717, 1.165) is 36.0 Å². The van der Waals surface area contributed by atoms with Gasteiger partial charge in [0.2, 0.25) is 0 Å². The van der Waals surface area contributed by atoms with Crippen LogP contribution < -0.4 is 0 Å². The lowest BCUT2D eigenvalue weighted by molar-refractivity contribution is 0.0994. The first-order valence-corrected chi connectivity index (χ1v) is 7.63. The van der Waals surface area contributed by atoms with Crippen molar-refractivity contribution in [1.82, 2.24) is 4.90 Å². The molecule has 106 valence electrons. The quantitative estimate of drug-likeness (QED) is 0.859. The fourth-order valence-corrected chi connectivity index (χ4v) is 3.24. The fraction of sp³-hybridized carbons (Fsp3) is 0.625. The number of aliphatic hydroxyl groups is 1. The van der Waals surface area contributed by atoms with Crippen molar-refractivity contribution in [3.63, 3.8) is 0 Å². The Kier molecular flexibility index (Phi) is 5.68. The van der Waals surface area contributed by atoms with Gasteiger partial charge in [-0.3, -0.25) is 4.90 Å². The van der Waals surface area contributed by atoms with Gasteiger partial charge in [0.15, 0.2) is 0 Å². The SMILES string of the molecule is CN(Cc1ccccc1Cl)CC(O)CC1CCCC1. The van der Waals surface area contributed by atoms with Crippen molar-refractivity contribution in [2.45, 2.75) is 44.8 Å². The second kappa shape index (κ2) is 7.28. The van der Waals surface area contributed by atoms with Crippen LogP contribution in [0.1, 0.15) is 37.7 Å². The molecular weight excluding hydrogens is 258 g/mol. The molecule has 1 aliphatic rings. The largest absolute Gasteiger partial charge is 0.392 e. The van der Waals surface area contributed by atoms with E-state index in [1.54, 1.807) is 0 Å². The van der Waals surface area contributed by atoms with E-state index in [0.29, 0.717) is 0 Å². The van der Waals surface area contributed by atoms with Gasteiger partial charge >= 0.3 is 0 Å². The lowest BCUT2D eigenvalue weighted by atomic mass is 10.00. The Hall–Kier alpha value is -0.570. The van der Waals surface area contributed by atoms with E-state index in [9.17, 15) is 5.11 Å². The topological polar surface area (TPSA) is 23.5 Å². The van der Waals surface area contributed by atoms with Gasteiger partial charge < -0.3 is 5.11 Å². The molecular formula is C16H24ClNO. The average molecular weight is 282 g/mol. The van der Waals surface area contributed by atoms with E-state index in [-0.39, 0.29) is 6.10 Å². The summed E-state index contributed by atoms with van der Waals surface area (Å²) in [5.74, 6) is 0.740. The second-order valence-electron chi connectivity index (χ2n) is 5.83. The molecule has 0 radical (unpaired) electrons. The van der Waals surface area contributed by atoms with Gasteiger partial charge in [-0.2, -0.15) is 0 Å². The van der Waals surface area contributed by atoms with E-state index >= 15 is 0 Å². The molecule has 0 aromatic heterocycles. The highest BCUT2D eigenvalue weighted by atomic mass is 35.5. The van der Waals surface area contributed by atoms with Crippen LogP contribution >= 0.6 is 11.6 Å². The highest BCUT2D eigenvalue weighted by Crippen LogP contribution is 2.28. The van der Waals surface area contributed by atoms with Gasteiger partial charge in [0.05, 0.1) is 6.10 Å². The minimum atomic E-state index is -0.212. The summed E-state index contributed by atoms with van der Waals surface area (Å²) in [5, 5.41) is 11.0. The predicted octanol–water partition coefficient (Wildman–Crippen LogP) is 3.71. The highest BCUT2D eigenvalue weighted by Gasteiger charge is 2.19. The summed E-state index contributed by atoms with van der Waals surface area (Å²) in [5.41, 5.74) is 1.12. The first-order valence-electron chi connectivity index (χ1n) is 7.25. The van der Waals surface area contributed by atoms with Crippen molar-refractivity contribution >= 4 is 11.6 Å². The Bertz CT molecular complexity index is 390. The number of nitrogens with zero attached hydrogens (tertiary/aromatic N) is 1. The molecule has 1 unspecified atom stereocenters. The van der Waals surface area contributed by atoms with Crippen LogP contribution in [0, 0.1) is 5.92 Å². The summed E-state index contributed by atoms with van der Waals surface area (Å²) in [6, 6.07) is 7.91. The van der Waals surface area contributed by atoms with Gasteiger partial charge in [0, 0.05) is 18.1 Å². The van der Waals surface area contributed by atoms with Crippen LogP contribution in [0.2, 0.25) is 5.02 Å².